The second-order valence-electron chi connectivity index (χ2n) is 3.20. The molecule has 1 aromatic rings. The van der Waals surface area contributed by atoms with Gasteiger partial charge in [-0.3, -0.25) is 0 Å². The SMILES string of the molecule is Cc1cc(C(=O)O)oc1CC(C)N. The molecule has 1 rings (SSSR count). The van der Waals surface area contributed by atoms with Crippen molar-refractivity contribution in [2.45, 2.75) is 26.3 Å². The number of aryl methyl sites for hydroxylation is 1. The van der Waals surface area contributed by atoms with E-state index >= 15 is 0 Å². The molecule has 0 saturated carbocycles. The summed E-state index contributed by atoms with van der Waals surface area (Å²) in [6, 6.07) is 1.49. The van der Waals surface area contributed by atoms with Crippen LogP contribution in [0, 0.1) is 6.92 Å². The van der Waals surface area contributed by atoms with Crippen LogP contribution in [0.2, 0.25) is 0 Å². The predicted molar refractivity (Wildman–Crippen MR) is 47.8 cm³/mol. The zero-order valence-corrected chi connectivity index (χ0v) is 7.70. The Bertz CT molecular complexity index is 315. The Morgan fingerprint density at radius 3 is 2.77 bits per heavy atom. The zero-order valence-electron chi connectivity index (χ0n) is 7.70. The third kappa shape index (κ3) is 2.32. The van der Waals surface area contributed by atoms with E-state index < -0.39 is 5.97 Å². The lowest BCUT2D eigenvalue weighted by atomic mass is 10.1. The van der Waals surface area contributed by atoms with Crippen LogP contribution in [0.25, 0.3) is 0 Å². The Kier molecular flexibility index (Phi) is 2.72. The Labute approximate surface area is 76.3 Å². The van der Waals surface area contributed by atoms with Gasteiger partial charge in [-0.25, -0.2) is 4.79 Å². The van der Waals surface area contributed by atoms with Crippen molar-refractivity contribution < 1.29 is 14.3 Å². The molecule has 0 aliphatic rings. The standard InChI is InChI=1S/C9H13NO3/c1-5-3-8(9(11)12)13-7(5)4-6(2)10/h3,6H,4,10H2,1-2H3,(H,11,12). The van der Waals surface area contributed by atoms with E-state index in [0.717, 1.165) is 5.56 Å². The molecular formula is C9H13NO3. The number of aromatic carboxylic acids is 1. The minimum atomic E-state index is -1.04. The van der Waals surface area contributed by atoms with Gasteiger partial charge in [0.2, 0.25) is 5.76 Å². The maximum atomic E-state index is 10.5. The molecule has 4 heteroatoms. The smallest absolute Gasteiger partial charge is 0.371 e. The first-order valence-corrected chi connectivity index (χ1v) is 4.09. The molecule has 4 nitrogen and oxygen atoms in total. The number of hydrogen-bond acceptors (Lipinski definition) is 3. The molecule has 0 spiro atoms. The predicted octanol–water partition coefficient (Wildman–Crippen LogP) is 1.18. The summed E-state index contributed by atoms with van der Waals surface area (Å²) in [5.74, 6) is -0.403. The van der Waals surface area contributed by atoms with Crippen LogP contribution in [-0.4, -0.2) is 17.1 Å². The summed E-state index contributed by atoms with van der Waals surface area (Å²) < 4.78 is 5.11. The minimum Gasteiger partial charge on any atom is -0.475 e. The first-order valence-electron chi connectivity index (χ1n) is 4.09. The van der Waals surface area contributed by atoms with E-state index in [0.29, 0.717) is 12.2 Å². The Morgan fingerprint density at radius 2 is 2.38 bits per heavy atom. The Morgan fingerprint density at radius 1 is 1.77 bits per heavy atom. The molecule has 13 heavy (non-hydrogen) atoms. The average Bonchev–Trinajstić information content (AvgIpc) is 2.31. The molecule has 72 valence electrons. The van der Waals surface area contributed by atoms with Gasteiger partial charge in [-0.1, -0.05) is 0 Å². The van der Waals surface area contributed by atoms with Crippen LogP contribution >= 0.6 is 0 Å². The first kappa shape index (κ1) is 9.80. The van der Waals surface area contributed by atoms with Crippen molar-refractivity contribution in [1.29, 1.82) is 0 Å². The van der Waals surface area contributed by atoms with Crippen molar-refractivity contribution in [3.05, 3.63) is 23.2 Å². The number of rotatable bonds is 3. The van der Waals surface area contributed by atoms with Crippen molar-refractivity contribution in [3.63, 3.8) is 0 Å². The molecule has 1 heterocycles. The third-order valence-corrected chi connectivity index (χ3v) is 1.74. The van der Waals surface area contributed by atoms with Crippen LogP contribution in [0.5, 0.6) is 0 Å². The van der Waals surface area contributed by atoms with Crippen LogP contribution in [0.15, 0.2) is 10.5 Å². The largest absolute Gasteiger partial charge is 0.475 e. The molecule has 0 amide bonds. The summed E-state index contributed by atoms with van der Waals surface area (Å²) in [4.78, 5) is 10.5. The van der Waals surface area contributed by atoms with E-state index in [9.17, 15) is 4.79 Å². The summed E-state index contributed by atoms with van der Waals surface area (Å²) in [6.45, 7) is 3.66. The van der Waals surface area contributed by atoms with Crippen LogP contribution in [0.4, 0.5) is 0 Å². The van der Waals surface area contributed by atoms with Crippen molar-refractivity contribution in [2.24, 2.45) is 5.73 Å². The highest BCUT2D eigenvalue weighted by molar-refractivity contribution is 5.84. The molecule has 1 atom stereocenters. The maximum absolute atomic E-state index is 10.5. The third-order valence-electron chi connectivity index (χ3n) is 1.74. The van der Waals surface area contributed by atoms with Gasteiger partial charge in [0.25, 0.3) is 0 Å². The van der Waals surface area contributed by atoms with Gasteiger partial charge >= 0.3 is 5.97 Å². The van der Waals surface area contributed by atoms with E-state index in [-0.39, 0.29) is 11.8 Å². The van der Waals surface area contributed by atoms with Gasteiger partial charge in [0, 0.05) is 12.5 Å². The number of carboxylic acid groups (broad SMARTS) is 1. The molecule has 0 saturated heterocycles. The number of hydrogen-bond donors (Lipinski definition) is 2. The molecule has 0 aromatic carbocycles. The highest BCUT2D eigenvalue weighted by Crippen LogP contribution is 2.15. The van der Waals surface area contributed by atoms with Gasteiger partial charge in [0.15, 0.2) is 0 Å². The molecule has 1 aromatic heterocycles. The summed E-state index contributed by atoms with van der Waals surface area (Å²) in [6.07, 6.45) is 0.569. The normalized spacial score (nSPS) is 12.8. The number of nitrogens with two attached hydrogens (primary N) is 1. The quantitative estimate of drug-likeness (QED) is 0.737. The van der Waals surface area contributed by atoms with E-state index in [4.69, 9.17) is 15.3 Å². The molecule has 1 unspecified atom stereocenters. The monoisotopic (exact) mass is 183 g/mol. The van der Waals surface area contributed by atoms with Gasteiger partial charge in [0.1, 0.15) is 5.76 Å². The van der Waals surface area contributed by atoms with Gasteiger partial charge in [-0.05, 0) is 25.5 Å². The fourth-order valence-corrected chi connectivity index (χ4v) is 1.12. The van der Waals surface area contributed by atoms with Gasteiger partial charge in [-0.15, -0.1) is 0 Å². The number of carboxylic acids is 1. The second-order valence-corrected chi connectivity index (χ2v) is 3.20. The number of furan rings is 1. The topological polar surface area (TPSA) is 76.5 Å². The average molecular weight is 183 g/mol. The van der Waals surface area contributed by atoms with E-state index in [1.54, 1.807) is 0 Å². The minimum absolute atomic E-state index is 0.0202. The van der Waals surface area contributed by atoms with Crippen molar-refractivity contribution in [2.75, 3.05) is 0 Å². The van der Waals surface area contributed by atoms with Gasteiger partial charge < -0.3 is 15.3 Å². The summed E-state index contributed by atoms with van der Waals surface area (Å²) >= 11 is 0. The van der Waals surface area contributed by atoms with Crippen LogP contribution in [0.1, 0.15) is 28.8 Å². The fraction of sp³-hybridized carbons (Fsp3) is 0.444. The zero-order chi connectivity index (χ0) is 10.0. The molecular weight excluding hydrogens is 170 g/mol. The van der Waals surface area contributed by atoms with E-state index in [1.807, 2.05) is 13.8 Å². The van der Waals surface area contributed by atoms with E-state index in [2.05, 4.69) is 0 Å². The molecule has 0 fully saturated rings. The van der Waals surface area contributed by atoms with Crippen LogP contribution in [-0.2, 0) is 6.42 Å². The fourth-order valence-electron chi connectivity index (χ4n) is 1.12. The highest BCUT2D eigenvalue weighted by atomic mass is 16.4. The number of carbonyl (C=O) groups is 1. The van der Waals surface area contributed by atoms with Gasteiger partial charge in [0.05, 0.1) is 0 Å². The van der Waals surface area contributed by atoms with E-state index in [1.165, 1.54) is 6.07 Å². The summed E-state index contributed by atoms with van der Waals surface area (Å²) in [7, 11) is 0. The lowest BCUT2D eigenvalue weighted by Gasteiger charge is -2.01. The molecule has 3 N–H and O–H groups in total. The van der Waals surface area contributed by atoms with Gasteiger partial charge in [-0.2, -0.15) is 0 Å². The first-order chi connectivity index (χ1) is 6.00. The molecule has 0 aliphatic carbocycles. The lowest BCUT2D eigenvalue weighted by molar-refractivity contribution is 0.0660. The van der Waals surface area contributed by atoms with Crippen LogP contribution in [0.3, 0.4) is 0 Å². The van der Waals surface area contributed by atoms with Crippen molar-refractivity contribution in [3.8, 4) is 0 Å². The maximum Gasteiger partial charge on any atom is 0.371 e. The van der Waals surface area contributed by atoms with Crippen LogP contribution < -0.4 is 5.73 Å². The summed E-state index contributed by atoms with van der Waals surface area (Å²) in [5.41, 5.74) is 6.41. The Hall–Kier alpha value is -1.29. The second kappa shape index (κ2) is 3.62. The van der Waals surface area contributed by atoms with Crippen molar-refractivity contribution in [1.82, 2.24) is 0 Å². The van der Waals surface area contributed by atoms with Crippen molar-refractivity contribution >= 4 is 5.97 Å². The Balaban J connectivity index is 2.90. The molecule has 0 radical (unpaired) electrons. The highest BCUT2D eigenvalue weighted by Gasteiger charge is 2.13. The molecule has 0 aliphatic heterocycles. The molecule has 0 bridgehead atoms. The summed E-state index contributed by atoms with van der Waals surface area (Å²) in [5, 5.41) is 8.63. The lowest BCUT2D eigenvalue weighted by Crippen LogP contribution is -2.17.